The van der Waals surface area contributed by atoms with Gasteiger partial charge in [0.1, 0.15) is 0 Å². The minimum Gasteiger partial charge on any atom is -0.300 e. The topological polar surface area (TPSA) is 9.72 Å². The summed E-state index contributed by atoms with van der Waals surface area (Å²) in [7, 11) is 0. The van der Waals surface area contributed by atoms with Crippen LogP contribution in [0.1, 0.15) is 73.6 Å². The molecule has 3 rings (SSSR count). The lowest BCUT2D eigenvalue weighted by molar-refractivity contribution is -0.00681. The number of rotatable bonds is 4. The van der Waals surface area contributed by atoms with E-state index in [1.807, 2.05) is 0 Å². The zero-order valence-electron chi connectivity index (χ0n) is 18.6. The molecule has 3 nitrogen and oxygen atoms in total. The molecule has 3 fully saturated rings. The van der Waals surface area contributed by atoms with Crippen LogP contribution in [-0.2, 0) is 0 Å². The Bertz CT molecular complexity index is 425. The zero-order chi connectivity index (χ0) is 18.9. The molecule has 0 radical (unpaired) electrons. The lowest BCUT2D eigenvalue weighted by Gasteiger charge is -2.50. The minimum absolute atomic E-state index is 0.476. The predicted molar refractivity (Wildman–Crippen MR) is 113 cm³/mol. The zero-order valence-corrected chi connectivity index (χ0v) is 18.6. The van der Waals surface area contributed by atoms with Gasteiger partial charge in [-0.1, -0.05) is 41.5 Å². The average molecular weight is 364 g/mol. The van der Waals surface area contributed by atoms with Crippen molar-refractivity contribution in [3.63, 3.8) is 0 Å². The highest BCUT2D eigenvalue weighted by atomic mass is 15.3. The summed E-state index contributed by atoms with van der Waals surface area (Å²) in [4.78, 5) is 8.29. The van der Waals surface area contributed by atoms with Gasteiger partial charge in [0.15, 0.2) is 0 Å². The van der Waals surface area contributed by atoms with E-state index in [-0.39, 0.29) is 0 Å². The third-order valence-electron chi connectivity index (χ3n) is 7.40. The largest absolute Gasteiger partial charge is 0.300 e. The Morgan fingerprint density at radius 3 is 1.69 bits per heavy atom. The highest BCUT2D eigenvalue weighted by molar-refractivity contribution is 4.93. The van der Waals surface area contributed by atoms with E-state index in [2.05, 4.69) is 56.2 Å². The van der Waals surface area contributed by atoms with Gasteiger partial charge in [0.2, 0.25) is 0 Å². The van der Waals surface area contributed by atoms with Crippen LogP contribution in [0.15, 0.2) is 0 Å². The molecular formula is C23H45N3. The summed E-state index contributed by atoms with van der Waals surface area (Å²) in [6, 6.07) is 1.71. The van der Waals surface area contributed by atoms with Crippen LogP contribution in [0.5, 0.6) is 0 Å². The lowest BCUT2D eigenvalue weighted by atomic mass is 9.75. The van der Waals surface area contributed by atoms with E-state index in [0.717, 1.165) is 18.0 Å². The van der Waals surface area contributed by atoms with Crippen molar-refractivity contribution in [1.29, 1.82) is 0 Å². The van der Waals surface area contributed by atoms with Crippen molar-refractivity contribution in [2.75, 3.05) is 45.8 Å². The van der Waals surface area contributed by atoms with Gasteiger partial charge in [-0.3, -0.25) is 4.90 Å². The first-order valence-electron chi connectivity index (χ1n) is 11.3. The van der Waals surface area contributed by atoms with Gasteiger partial charge in [-0.15, -0.1) is 0 Å². The maximum absolute atomic E-state index is 2.83. The molecule has 0 spiro atoms. The molecule has 26 heavy (non-hydrogen) atoms. The molecule has 0 atom stereocenters. The summed E-state index contributed by atoms with van der Waals surface area (Å²) in [6.45, 7) is 23.6. The highest BCUT2D eigenvalue weighted by Crippen LogP contribution is 2.35. The Balaban J connectivity index is 1.33. The maximum atomic E-state index is 2.83. The summed E-state index contributed by atoms with van der Waals surface area (Å²) in [5.41, 5.74) is 0.975. The van der Waals surface area contributed by atoms with E-state index in [1.165, 1.54) is 77.9 Å². The third-order valence-corrected chi connectivity index (χ3v) is 7.40. The van der Waals surface area contributed by atoms with Gasteiger partial charge >= 0.3 is 0 Å². The molecule has 0 aromatic heterocycles. The second kappa shape index (κ2) is 8.09. The molecule has 0 unspecified atom stereocenters. The van der Waals surface area contributed by atoms with Crippen molar-refractivity contribution < 1.29 is 0 Å². The molecule has 0 amide bonds. The van der Waals surface area contributed by atoms with Crippen LogP contribution in [0.2, 0.25) is 0 Å². The van der Waals surface area contributed by atoms with Crippen LogP contribution in [-0.4, -0.2) is 72.6 Å². The summed E-state index contributed by atoms with van der Waals surface area (Å²) in [5, 5.41) is 0. The number of hydrogen-bond donors (Lipinski definition) is 0. The van der Waals surface area contributed by atoms with Gasteiger partial charge in [-0.05, 0) is 68.5 Å². The third kappa shape index (κ3) is 5.45. The normalized spacial score (nSPS) is 27.0. The molecule has 0 aromatic carbocycles. The van der Waals surface area contributed by atoms with Crippen molar-refractivity contribution in [1.82, 2.24) is 14.7 Å². The first-order chi connectivity index (χ1) is 12.1. The maximum Gasteiger partial charge on any atom is 0.0350 e. The second-order valence-corrected chi connectivity index (χ2v) is 11.7. The van der Waals surface area contributed by atoms with Crippen molar-refractivity contribution in [3.8, 4) is 0 Å². The molecule has 0 aliphatic carbocycles. The highest BCUT2D eigenvalue weighted by Gasteiger charge is 2.36. The second-order valence-electron chi connectivity index (χ2n) is 11.7. The Hall–Kier alpha value is -0.120. The molecule has 0 N–H and O–H groups in total. The fourth-order valence-corrected chi connectivity index (χ4v) is 5.20. The van der Waals surface area contributed by atoms with Crippen LogP contribution in [0.4, 0.5) is 0 Å². The van der Waals surface area contributed by atoms with E-state index in [0.29, 0.717) is 10.8 Å². The van der Waals surface area contributed by atoms with Gasteiger partial charge in [0, 0.05) is 38.3 Å². The van der Waals surface area contributed by atoms with Crippen LogP contribution >= 0.6 is 0 Å². The number of likely N-dealkylation sites (tertiary alicyclic amines) is 3. The average Bonchev–Trinajstić information content (AvgIpc) is 2.52. The minimum atomic E-state index is 0.476. The fourth-order valence-electron chi connectivity index (χ4n) is 5.20. The molecule has 0 bridgehead atoms. The Morgan fingerprint density at radius 1 is 0.692 bits per heavy atom. The smallest absolute Gasteiger partial charge is 0.0350 e. The van der Waals surface area contributed by atoms with E-state index in [9.17, 15) is 0 Å². The first-order valence-corrected chi connectivity index (χ1v) is 11.3. The molecule has 3 aliphatic rings. The van der Waals surface area contributed by atoms with E-state index in [1.54, 1.807) is 0 Å². The number of hydrogen-bond acceptors (Lipinski definition) is 3. The predicted octanol–water partition coefficient (Wildman–Crippen LogP) is 4.33. The van der Waals surface area contributed by atoms with Gasteiger partial charge in [-0.2, -0.15) is 0 Å². The molecule has 0 aromatic rings. The molecule has 3 heterocycles. The Kier molecular flexibility index (Phi) is 6.41. The van der Waals surface area contributed by atoms with Crippen LogP contribution < -0.4 is 0 Å². The van der Waals surface area contributed by atoms with Gasteiger partial charge in [0.25, 0.3) is 0 Å². The van der Waals surface area contributed by atoms with Crippen LogP contribution in [0.3, 0.4) is 0 Å². The fraction of sp³-hybridized carbons (Fsp3) is 1.00. The summed E-state index contributed by atoms with van der Waals surface area (Å²) < 4.78 is 0. The van der Waals surface area contributed by atoms with Gasteiger partial charge < -0.3 is 9.80 Å². The van der Waals surface area contributed by atoms with Crippen LogP contribution in [0.25, 0.3) is 0 Å². The quantitative estimate of drug-likeness (QED) is 0.736. The number of piperidine rings is 2. The van der Waals surface area contributed by atoms with Gasteiger partial charge in [-0.25, -0.2) is 0 Å². The summed E-state index contributed by atoms with van der Waals surface area (Å²) in [5.74, 6) is 0.924. The van der Waals surface area contributed by atoms with Crippen molar-refractivity contribution >= 4 is 0 Å². The standard InChI is InChI=1S/C23H45N3/c1-22(2,3)11-16-24-17-21(18-24)26-14-9-20(10-15-26)25-12-7-19(8-13-25)23(4,5)6/h19-21H,7-18H2,1-6H3. The monoisotopic (exact) mass is 363 g/mol. The molecule has 0 saturated carbocycles. The van der Waals surface area contributed by atoms with Crippen molar-refractivity contribution in [2.45, 2.75) is 85.7 Å². The first kappa shape index (κ1) is 20.6. The van der Waals surface area contributed by atoms with Gasteiger partial charge in [0.05, 0.1) is 0 Å². The van der Waals surface area contributed by atoms with E-state index in [4.69, 9.17) is 0 Å². The molecule has 152 valence electrons. The lowest BCUT2D eigenvalue weighted by Crippen LogP contribution is -2.62. The molecule has 3 heteroatoms. The SMILES string of the molecule is CC(C)(C)CCN1CC(N2CCC(N3CCC(C(C)(C)C)CC3)CC2)C1. The van der Waals surface area contributed by atoms with Crippen LogP contribution in [0, 0.1) is 16.7 Å². The van der Waals surface area contributed by atoms with Crippen molar-refractivity contribution in [2.24, 2.45) is 16.7 Å². The summed E-state index contributed by atoms with van der Waals surface area (Å²) >= 11 is 0. The Labute approximate surface area is 163 Å². The van der Waals surface area contributed by atoms with Crippen molar-refractivity contribution in [3.05, 3.63) is 0 Å². The molecule has 3 aliphatic heterocycles. The molecular weight excluding hydrogens is 318 g/mol. The Morgan fingerprint density at radius 2 is 1.19 bits per heavy atom. The summed E-state index contributed by atoms with van der Waals surface area (Å²) in [6.07, 6.45) is 6.95. The molecule has 3 saturated heterocycles. The van der Waals surface area contributed by atoms with E-state index < -0.39 is 0 Å². The number of nitrogens with zero attached hydrogens (tertiary/aromatic N) is 3. The van der Waals surface area contributed by atoms with E-state index >= 15 is 0 Å².